The summed E-state index contributed by atoms with van der Waals surface area (Å²) in [5.74, 6) is -0.729. The predicted molar refractivity (Wildman–Crippen MR) is 188 cm³/mol. The summed E-state index contributed by atoms with van der Waals surface area (Å²) in [5, 5.41) is 10.3. The molecule has 47 heavy (non-hydrogen) atoms. The molecule has 2 aliphatic heterocycles. The normalized spacial score (nSPS) is 26.1. The van der Waals surface area contributed by atoms with E-state index in [-0.39, 0.29) is 54.8 Å². The van der Waals surface area contributed by atoms with Gasteiger partial charge in [0.25, 0.3) is 0 Å². The number of hydrogen-bond donors (Lipinski definition) is 1. The van der Waals surface area contributed by atoms with Crippen LogP contribution in [-0.4, -0.2) is 60.3 Å². The Kier molecular flexibility index (Phi) is 17.2. The van der Waals surface area contributed by atoms with Gasteiger partial charge in [0.15, 0.2) is 0 Å². The molecule has 3 fully saturated rings. The molecule has 2 heterocycles. The number of hydrogen-bond acceptors (Lipinski definition) is 7. The van der Waals surface area contributed by atoms with E-state index < -0.39 is 5.60 Å². The first-order valence-corrected chi connectivity index (χ1v) is 18.9. The molecule has 0 unspecified atom stereocenters. The molecule has 0 amide bonds. The summed E-state index contributed by atoms with van der Waals surface area (Å²) in [6, 6.07) is 0. The van der Waals surface area contributed by atoms with Crippen molar-refractivity contribution in [3.8, 4) is 0 Å². The highest BCUT2D eigenvalue weighted by Crippen LogP contribution is 2.52. The average Bonchev–Trinajstić information content (AvgIpc) is 3.94. The number of fused-ring (bicyclic) bond motifs is 2. The molecule has 3 rings (SSSR count). The fraction of sp³-hybridized carbons (Fsp3) is 0.800. The van der Waals surface area contributed by atoms with Gasteiger partial charge in [-0.1, -0.05) is 127 Å². The third kappa shape index (κ3) is 15.4. The van der Waals surface area contributed by atoms with Crippen molar-refractivity contribution in [2.45, 2.75) is 173 Å². The van der Waals surface area contributed by atoms with Crippen molar-refractivity contribution in [1.29, 1.82) is 0 Å². The minimum absolute atomic E-state index is 0.0644. The molecule has 7 nitrogen and oxygen atoms in total. The SMILES string of the molecule is C=C1C[C@H]2O[C@H]2[C@]2(CC[C@H](/C(=C/C=C/C(C)(C)O)COC(=O)CCCCCCCCCCCCCCCCC)[C@H]1COC(C)=O)CO2. The number of unbranched alkanes of at least 4 members (excludes halogenated alkanes) is 14. The Labute approximate surface area is 285 Å². The van der Waals surface area contributed by atoms with E-state index in [4.69, 9.17) is 18.9 Å². The van der Waals surface area contributed by atoms with Crippen molar-refractivity contribution in [2.24, 2.45) is 11.8 Å². The van der Waals surface area contributed by atoms with Crippen molar-refractivity contribution in [3.05, 3.63) is 36.0 Å². The molecule has 2 saturated heterocycles. The first kappa shape index (κ1) is 39.5. The Morgan fingerprint density at radius 1 is 0.957 bits per heavy atom. The zero-order valence-corrected chi connectivity index (χ0v) is 30.2. The van der Waals surface area contributed by atoms with Crippen molar-refractivity contribution in [2.75, 3.05) is 19.8 Å². The highest BCUT2D eigenvalue weighted by atomic mass is 16.7. The van der Waals surface area contributed by atoms with Crippen LogP contribution in [0.2, 0.25) is 0 Å². The maximum absolute atomic E-state index is 12.9. The van der Waals surface area contributed by atoms with Crippen LogP contribution in [0.15, 0.2) is 36.0 Å². The summed E-state index contributed by atoms with van der Waals surface area (Å²) in [7, 11) is 0. The zero-order chi connectivity index (χ0) is 34.1. The molecule has 3 aliphatic rings. The number of epoxide rings is 2. The van der Waals surface area contributed by atoms with Crippen molar-refractivity contribution >= 4 is 11.9 Å². The standard InChI is InChI=1S/C40H66O7/c1-6-7-8-9-10-11-12-13-14-15-16-17-18-19-20-23-37(42)45-28-33(22-21-25-39(4,5)43)34-24-26-40(30-46-40)38-36(47-38)27-31(2)35(34)29-44-32(3)41/h21-22,25,34-36,38,43H,2,6-20,23-24,26-30H2,1,3-5H3/b25-21+,33-22+/t34-,35+,36-,38-,40+/m1/s1. The lowest BCUT2D eigenvalue weighted by molar-refractivity contribution is -0.143. The predicted octanol–water partition coefficient (Wildman–Crippen LogP) is 9.12. The van der Waals surface area contributed by atoms with Gasteiger partial charge in [-0.15, -0.1) is 0 Å². The van der Waals surface area contributed by atoms with Crippen LogP contribution in [0, 0.1) is 11.8 Å². The highest BCUT2D eigenvalue weighted by molar-refractivity contribution is 5.69. The van der Waals surface area contributed by atoms with E-state index in [1.807, 2.05) is 12.2 Å². The summed E-state index contributed by atoms with van der Waals surface area (Å²) >= 11 is 0. The van der Waals surface area contributed by atoms with Crippen molar-refractivity contribution in [3.63, 3.8) is 0 Å². The second kappa shape index (κ2) is 20.5. The van der Waals surface area contributed by atoms with Gasteiger partial charge < -0.3 is 24.1 Å². The molecular formula is C40H66O7. The van der Waals surface area contributed by atoms with Crippen LogP contribution >= 0.6 is 0 Å². The molecule has 0 aromatic heterocycles. The van der Waals surface area contributed by atoms with Gasteiger partial charge in [0.05, 0.1) is 24.9 Å². The highest BCUT2D eigenvalue weighted by Gasteiger charge is 2.63. The van der Waals surface area contributed by atoms with E-state index in [0.29, 0.717) is 19.4 Å². The molecule has 0 radical (unpaired) electrons. The zero-order valence-electron chi connectivity index (χ0n) is 30.2. The lowest BCUT2D eigenvalue weighted by Gasteiger charge is -2.31. The summed E-state index contributed by atoms with van der Waals surface area (Å²) in [4.78, 5) is 24.7. The molecule has 0 aromatic carbocycles. The lowest BCUT2D eigenvalue weighted by atomic mass is 9.77. The summed E-state index contributed by atoms with van der Waals surface area (Å²) < 4.78 is 23.3. The Bertz CT molecular complexity index is 1020. The van der Waals surface area contributed by atoms with Crippen LogP contribution < -0.4 is 0 Å². The van der Waals surface area contributed by atoms with Crippen molar-refractivity contribution in [1.82, 2.24) is 0 Å². The van der Waals surface area contributed by atoms with Crippen LogP contribution in [0.1, 0.15) is 150 Å². The van der Waals surface area contributed by atoms with Gasteiger partial charge in [-0.3, -0.25) is 9.59 Å². The second-order valence-electron chi connectivity index (χ2n) is 15.0. The molecule has 7 heteroatoms. The maximum atomic E-state index is 12.9. The Morgan fingerprint density at radius 3 is 2.06 bits per heavy atom. The van der Waals surface area contributed by atoms with Gasteiger partial charge in [-0.2, -0.15) is 0 Å². The summed E-state index contributed by atoms with van der Waals surface area (Å²) in [6.45, 7) is 12.6. The molecule has 5 atom stereocenters. The molecule has 0 bridgehead atoms. The third-order valence-electron chi connectivity index (χ3n) is 10.1. The Hall–Kier alpha value is -1.96. The van der Waals surface area contributed by atoms with Crippen LogP contribution in [0.25, 0.3) is 0 Å². The largest absolute Gasteiger partial charge is 0.465 e. The fourth-order valence-electron chi connectivity index (χ4n) is 7.05. The number of allylic oxidation sites excluding steroid dienone is 2. The number of carbonyl (C=O) groups is 2. The van der Waals surface area contributed by atoms with E-state index in [1.165, 1.54) is 84.0 Å². The van der Waals surface area contributed by atoms with Crippen LogP contribution in [0.5, 0.6) is 0 Å². The molecule has 1 aliphatic carbocycles. The van der Waals surface area contributed by atoms with Gasteiger partial charge in [0, 0.05) is 19.3 Å². The van der Waals surface area contributed by atoms with E-state index in [2.05, 4.69) is 13.5 Å². The third-order valence-corrected chi connectivity index (χ3v) is 10.1. The molecular weight excluding hydrogens is 592 g/mol. The number of rotatable bonds is 23. The van der Waals surface area contributed by atoms with Gasteiger partial charge >= 0.3 is 11.9 Å². The second-order valence-corrected chi connectivity index (χ2v) is 15.0. The molecule has 0 aromatic rings. The van der Waals surface area contributed by atoms with E-state index >= 15 is 0 Å². The minimum Gasteiger partial charge on any atom is -0.465 e. The van der Waals surface area contributed by atoms with Crippen LogP contribution in [0.4, 0.5) is 0 Å². The Balaban J connectivity index is 1.45. The van der Waals surface area contributed by atoms with Crippen molar-refractivity contribution < 1.29 is 33.6 Å². The van der Waals surface area contributed by atoms with Crippen LogP contribution in [0.3, 0.4) is 0 Å². The van der Waals surface area contributed by atoms with E-state index in [1.54, 1.807) is 19.9 Å². The molecule has 268 valence electrons. The lowest BCUT2D eigenvalue weighted by Crippen LogP contribution is -2.28. The fourth-order valence-corrected chi connectivity index (χ4v) is 7.05. The topological polar surface area (TPSA) is 97.9 Å². The van der Waals surface area contributed by atoms with Gasteiger partial charge in [-0.05, 0) is 51.0 Å². The smallest absolute Gasteiger partial charge is 0.306 e. The summed E-state index contributed by atoms with van der Waals surface area (Å²) in [5.41, 5.74) is 0.678. The van der Waals surface area contributed by atoms with Crippen LogP contribution in [-0.2, 0) is 28.5 Å². The monoisotopic (exact) mass is 658 g/mol. The van der Waals surface area contributed by atoms with E-state index in [0.717, 1.165) is 43.3 Å². The molecule has 1 spiro atoms. The molecule has 1 N–H and O–H groups in total. The van der Waals surface area contributed by atoms with Gasteiger partial charge in [0.1, 0.15) is 18.3 Å². The Morgan fingerprint density at radius 2 is 1.53 bits per heavy atom. The first-order chi connectivity index (χ1) is 22.5. The summed E-state index contributed by atoms with van der Waals surface area (Å²) in [6.07, 6.45) is 27.6. The van der Waals surface area contributed by atoms with Gasteiger partial charge in [0.2, 0.25) is 0 Å². The molecule has 1 saturated carbocycles. The number of carbonyl (C=O) groups excluding carboxylic acids is 2. The quantitative estimate of drug-likeness (QED) is 0.0384. The van der Waals surface area contributed by atoms with Gasteiger partial charge in [-0.25, -0.2) is 0 Å². The maximum Gasteiger partial charge on any atom is 0.306 e. The van der Waals surface area contributed by atoms with E-state index in [9.17, 15) is 14.7 Å². The number of ether oxygens (including phenoxy) is 4. The number of aliphatic hydroxyl groups is 1. The average molecular weight is 659 g/mol. The first-order valence-electron chi connectivity index (χ1n) is 18.9. The minimum atomic E-state index is -0.977. The number of esters is 2.